The Morgan fingerprint density at radius 1 is 1.19 bits per heavy atom. The smallest absolute Gasteiger partial charge is 0.377 e. The number of hydrogen-bond donors (Lipinski definition) is 0. The van der Waals surface area contributed by atoms with E-state index in [2.05, 4.69) is 20.2 Å². The summed E-state index contributed by atoms with van der Waals surface area (Å²) in [5, 5.41) is 7.80. The van der Waals surface area contributed by atoms with Crippen LogP contribution in [0.15, 0.2) is 30.9 Å². The van der Waals surface area contributed by atoms with E-state index in [1.54, 1.807) is 13.8 Å². The van der Waals surface area contributed by atoms with E-state index < -0.39 is 17.6 Å². The van der Waals surface area contributed by atoms with Gasteiger partial charge in [-0.05, 0) is 31.0 Å². The first-order valence-electron chi connectivity index (χ1n) is 9.23. The number of methoxy groups -OCH3 is 1. The Bertz CT molecular complexity index is 1090. The maximum atomic E-state index is 13.5. The summed E-state index contributed by atoms with van der Waals surface area (Å²) in [5.74, 6) is -0.773. The van der Waals surface area contributed by atoms with Gasteiger partial charge in [0.2, 0.25) is 0 Å². The molecule has 31 heavy (non-hydrogen) atoms. The molecule has 0 N–H and O–H groups in total. The number of Topliss-reactive ketones (excluding diaryl/α,β-unsaturated/α-hetero) is 1. The third-order valence-electron chi connectivity index (χ3n) is 4.70. The molecular formula is C20H19ClF3N5O2. The van der Waals surface area contributed by atoms with Crippen molar-refractivity contribution in [2.45, 2.75) is 39.0 Å². The lowest BCUT2D eigenvalue weighted by Gasteiger charge is -2.18. The predicted molar refractivity (Wildman–Crippen MR) is 106 cm³/mol. The summed E-state index contributed by atoms with van der Waals surface area (Å²) in [6.07, 6.45) is -0.117. The molecule has 0 bridgehead atoms. The minimum atomic E-state index is -4.69. The van der Waals surface area contributed by atoms with Crippen molar-refractivity contribution in [1.29, 1.82) is 0 Å². The topological polar surface area (TPSA) is 82.8 Å². The highest BCUT2D eigenvalue weighted by Crippen LogP contribution is 2.34. The largest absolute Gasteiger partial charge is 0.420 e. The van der Waals surface area contributed by atoms with E-state index in [4.69, 9.17) is 16.3 Å². The fraction of sp³-hybridized carbons (Fsp3) is 0.350. The van der Waals surface area contributed by atoms with Crippen molar-refractivity contribution >= 4 is 17.4 Å². The van der Waals surface area contributed by atoms with Gasteiger partial charge in [-0.1, -0.05) is 11.6 Å². The molecule has 0 aliphatic rings. The summed E-state index contributed by atoms with van der Waals surface area (Å²) < 4.78 is 46.0. The molecule has 3 aromatic heterocycles. The van der Waals surface area contributed by atoms with Gasteiger partial charge in [-0.2, -0.15) is 23.4 Å². The van der Waals surface area contributed by atoms with Crippen LogP contribution < -0.4 is 0 Å². The molecule has 1 atom stereocenters. The number of ketones is 1. The molecule has 7 nitrogen and oxygen atoms in total. The average Bonchev–Trinajstić information content (AvgIpc) is 3.24. The minimum Gasteiger partial charge on any atom is -0.377 e. The van der Waals surface area contributed by atoms with Crippen LogP contribution in [0.25, 0.3) is 5.82 Å². The average molecular weight is 454 g/mol. The van der Waals surface area contributed by atoms with E-state index in [-0.39, 0.29) is 30.3 Å². The monoisotopic (exact) mass is 453 g/mol. The lowest BCUT2D eigenvalue weighted by molar-refractivity contribution is -0.138. The standard InChI is InChI=1S/C20H19ClF3N5O2/c1-11-18(21)17(12(2)31-3)14(10-25-11)8-15(30)6-13-7-16(20(22,23)24)19(26-9-13)29-27-4-5-28-29/h4-5,7,9-10,12H,6,8H2,1-3H3. The molecule has 0 amide bonds. The van der Waals surface area contributed by atoms with Crippen LogP contribution >= 0.6 is 11.6 Å². The Balaban J connectivity index is 1.87. The first-order chi connectivity index (χ1) is 14.6. The second kappa shape index (κ2) is 9.11. The van der Waals surface area contributed by atoms with E-state index in [1.807, 2.05) is 0 Å². The van der Waals surface area contributed by atoms with Gasteiger partial charge in [-0.15, -0.1) is 4.80 Å². The molecule has 0 spiro atoms. The maximum Gasteiger partial charge on any atom is 0.420 e. The van der Waals surface area contributed by atoms with Crippen LogP contribution in [0.2, 0.25) is 5.02 Å². The number of ether oxygens (including phenoxy) is 1. The van der Waals surface area contributed by atoms with Crippen molar-refractivity contribution in [3.05, 3.63) is 63.8 Å². The van der Waals surface area contributed by atoms with Gasteiger partial charge in [0.25, 0.3) is 0 Å². The lowest BCUT2D eigenvalue weighted by atomic mass is 9.97. The van der Waals surface area contributed by atoms with E-state index in [0.717, 1.165) is 10.9 Å². The van der Waals surface area contributed by atoms with Crippen LogP contribution in [-0.4, -0.2) is 37.9 Å². The Kier molecular flexibility index (Phi) is 6.71. The van der Waals surface area contributed by atoms with E-state index >= 15 is 0 Å². The number of pyridine rings is 2. The molecule has 0 aromatic carbocycles. The Morgan fingerprint density at radius 3 is 2.48 bits per heavy atom. The second-order valence-electron chi connectivity index (χ2n) is 6.90. The molecular weight excluding hydrogens is 435 g/mol. The maximum absolute atomic E-state index is 13.5. The Morgan fingerprint density at radius 2 is 1.87 bits per heavy atom. The van der Waals surface area contributed by atoms with E-state index in [9.17, 15) is 18.0 Å². The van der Waals surface area contributed by atoms with E-state index in [1.165, 1.54) is 31.9 Å². The molecule has 1 unspecified atom stereocenters. The minimum absolute atomic E-state index is 0.0557. The van der Waals surface area contributed by atoms with Gasteiger partial charge in [-0.3, -0.25) is 9.78 Å². The van der Waals surface area contributed by atoms with Crippen molar-refractivity contribution < 1.29 is 22.7 Å². The third-order valence-corrected chi connectivity index (χ3v) is 5.18. The van der Waals surface area contributed by atoms with Gasteiger partial charge in [0.1, 0.15) is 11.3 Å². The molecule has 0 saturated carbocycles. The zero-order valence-electron chi connectivity index (χ0n) is 16.9. The number of carbonyl (C=O) groups excluding carboxylic acids is 1. The van der Waals surface area contributed by atoms with Crippen LogP contribution in [0, 0.1) is 6.92 Å². The molecule has 0 aliphatic heterocycles. The lowest BCUT2D eigenvalue weighted by Crippen LogP contribution is -2.16. The van der Waals surface area contributed by atoms with Crippen LogP contribution in [0.1, 0.15) is 41.0 Å². The summed E-state index contributed by atoms with van der Waals surface area (Å²) in [6, 6.07) is 0.892. The number of aryl methyl sites for hydroxylation is 1. The molecule has 3 aromatic rings. The van der Waals surface area contributed by atoms with Gasteiger partial charge in [0, 0.05) is 37.9 Å². The fourth-order valence-corrected chi connectivity index (χ4v) is 3.45. The van der Waals surface area contributed by atoms with Crippen LogP contribution in [0.4, 0.5) is 13.2 Å². The molecule has 0 fully saturated rings. The van der Waals surface area contributed by atoms with Gasteiger partial charge in [0.15, 0.2) is 5.82 Å². The number of alkyl halides is 3. The van der Waals surface area contributed by atoms with Gasteiger partial charge >= 0.3 is 6.18 Å². The molecule has 3 rings (SSSR count). The Hall–Kier alpha value is -2.85. The summed E-state index contributed by atoms with van der Waals surface area (Å²) in [6.45, 7) is 3.52. The van der Waals surface area contributed by atoms with Gasteiger partial charge in [-0.25, -0.2) is 4.98 Å². The van der Waals surface area contributed by atoms with Crippen molar-refractivity contribution in [1.82, 2.24) is 25.0 Å². The molecule has 0 radical (unpaired) electrons. The van der Waals surface area contributed by atoms with Crippen molar-refractivity contribution in [2.24, 2.45) is 0 Å². The molecule has 0 saturated heterocycles. The highest BCUT2D eigenvalue weighted by molar-refractivity contribution is 6.32. The summed E-state index contributed by atoms with van der Waals surface area (Å²) in [4.78, 5) is 21.5. The number of nitrogens with zero attached hydrogens (tertiary/aromatic N) is 5. The second-order valence-corrected chi connectivity index (χ2v) is 7.28. The van der Waals surface area contributed by atoms with Crippen molar-refractivity contribution in [3.8, 4) is 5.82 Å². The quantitative estimate of drug-likeness (QED) is 0.535. The SMILES string of the molecule is COC(C)c1c(CC(=O)Cc2cnc(-n3nccn3)c(C(F)(F)F)c2)cnc(C)c1Cl. The summed E-state index contributed by atoms with van der Waals surface area (Å²) in [7, 11) is 1.52. The van der Waals surface area contributed by atoms with Crippen molar-refractivity contribution in [3.63, 3.8) is 0 Å². The Labute approximate surface area is 181 Å². The molecule has 11 heteroatoms. The molecule has 3 heterocycles. The van der Waals surface area contributed by atoms with E-state index in [0.29, 0.717) is 21.8 Å². The van der Waals surface area contributed by atoms with Crippen LogP contribution in [0.5, 0.6) is 0 Å². The third kappa shape index (κ3) is 5.08. The predicted octanol–water partition coefficient (Wildman–Crippen LogP) is 4.10. The van der Waals surface area contributed by atoms with Crippen LogP contribution in [-0.2, 0) is 28.5 Å². The fourth-order valence-electron chi connectivity index (χ4n) is 3.13. The van der Waals surface area contributed by atoms with Crippen LogP contribution in [0.3, 0.4) is 0 Å². The van der Waals surface area contributed by atoms with Gasteiger partial charge < -0.3 is 4.74 Å². The number of hydrogen-bond acceptors (Lipinski definition) is 6. The van der Waals surface area contributed by atoms with Crippen molar-refractivity contribution in [2.75, 3.05) is 7.11 Å². The highest BCUT2D eigenvalue weighted by Gasteiger charge is 2.36. The first kappa shape index (κ1) is 22.8. The number of rotatable bonds is 7. The molecule has 164 valence electrons. The zero-order chi connectivity index (χ0) is 22.8. The zero-order valence-corrected chi connectivity index (χ0v) is 17.7. The summed E-state index contributed by atoms with van der Waals surface area (Å²) >= 11 is 6.35. The van der Waals surface area contributed by atoms with Gasteiger partial charge in [0.05, 0.1) is 29.2 Å². The normalized spacial score (nSPS) is 12.7. The molecule has 0 aliphatic carbocycles. The summed E-state index contributed by atoms with van der Waals surface area (Å²) in [5.41, 5.74) is 0.901. The number of aromatic nitrogens is 5. The number of halogens is 4. The first-order valence-corrected chi connectivity index (χ1v) is 9.60. The highest BCUT2D eigenvalue weighted by atomic mass is 35.5. The number of carbonyl (C=O) groups is 1.